The molecule has 312 valence electrons. The first-order chi connectivity index (χ1) is 33.2. The maximum Gasteiger partial charge on any atom is 0.160 e. The van der Waals surface area contributed by atoms with Gasteiger partial charge in [-0.2, -0.15) is 0 Å². The van der Waals surface area contributed by atoms with Crippen LogP contribution in [0.2, 0.25) is 0 Å². The van der Waals surface area contributed by atoms with E-state index in [0.29, 0.717) is 5.82 Å². The van der Waals surface area contributed by atoms with Crippen LogP contribution in [0.3, 0.4) is 0 Å². The Morgan fingerprint density at radius 2 is 0.761 bits per heavy atom. The van der Waals surface area contributed by atoms with Crippen LogP contribution in [-0.2, 0) is 0 Å². The number of hydrogen-bond donors (Lipinski definition) is 0. The molecule has 3 aromatic heterocycles. The molecule has 0 radical (unpaired) electrons. The molecule has 4 heteroatoms. The van der Waals surface area contributed by atoms with Crippen molar-refractivity contribution >= 4 is 54.4 Å². The summed E-state index contributed by atoms with van der Waals surface area (Å²) in [6.07, 6.45) is 0. The van der Waals surface area contributed by atoms with Gasteiger partial charge in [-0.25, -0.2) is 15.0 Å². The largest absolute Gasteiger partial charge is 0.307 e. The molecule has 0 atom stereocenters. The van der Waals surface area contributed by atoms with Crippen LogP contribution in [0.1, 0.15) is 0 Å². The summed E-state index contributed by atoms with van der Waals surface area (Å²) in [5.41, 5.74) is 17.0. The van der Waals surface area contributed by atoms with Gasteiger partial charge < -0.3 is 4.57 Å². The van der Waals surface area contributed by atoms with Crippen molar-refractivity contribution in [2.75, 3.05) is 0 Å². The fraction of sp³-hybridized carbons (Fsp3) is 0. The molecule has 0 spiro atoms. The molecule has 0 aliphatic carbocycles. The summed E-state index contributed by atoms with van der Waals surface area (Å²) >= 11 is 0. The molecule has 67 heavy (non-hydrogen) atoms. The normalized spacial score (nSPS) is 11.6. The predicted molar refractivity (Wildman–Crippen MR) is 279 cm³/mol. The number of benzene rings is 10. The summed E-state index contributed by atoms with van der Waals surface area (Å²) in [6.45, 7) is 0. The molecule has 4 nitrogen and oxygen atoms in total. The molecular weight excluding hydrogens is 813 g/mol. The molecule has 3 heterocycles. The molecule has 0 aliphatic heterocycles. The molecule has 0 amide bonds. The average Bonchev–Trinajstić information content (AvgIpc) is 3.75. The third kappa shape index (κ3) is 6.65. The molecule has 0 bridgehead atoms. The standard InChI is InChI=1S/C63H40N4/c1-5-17-41(18-6-1)47-37-48(42-19-7-2-8-20-42)39-49(38-47)60-56-27-15-16-28-57(56)64-63(66-60)45-31-29-43(30-32-45)46-33-34-52-55-36-35-54-51-25-13-14-26-53(51)59(44-21-9-3-10-22-44)65-61(54)62(55)67(58(52)40-46)50-23-11-4-12-24-50/h1-40H. The number of fused-ring (bicyclic) bond motifs is 8. The lowest BCUT2D eigenvalue weighted by molar-refractivity contribution is 1.18. The highest BCUT2D eigenvalue weighted by Gasteiger charge is 2.20. The molecule has 13 rings (SSSR count). The number of aromatic nitrogens is 4. The first-order valence-corrected chi connectivity index (χ1v) is 22.8. The Morgan fingerprint density at radius 1 is 0.269 bits per heavy atom. The predicted octanol–water partition coefficient (Wildman–Crippen LogP) is 16.4. The lowest BCUT2D eigenvalue weighted by Gasteiger charge is -2.14. The van der Waals surface area contributed by atoms with Gasteiger partial charge in [-0.1, -0.05) is 200 Å². The van der Waals surface area contributed by atoms with Crippen molar-refractivity contribution in [3.8, 4) is 73.0 Å². The van der Waals surface area contributed by atoms with Gasteiger partial charge in [0.15, 0.2) is 5.82 Å². The molecule has 0 saturated heterocycles. The first kappa shape index (κ1) is 38.5. The number of para-hydroxylation sites is 2. The second-order valence-electron chi connectivity index (χ2n) is 17.2. The van der Waals surface area contributed by atoms with Crippen molar-refractivity contribution in [3.63, 3.8) is 0 Å². The van der Waals surface area contributed by atoms with Crippen molar-refractivity contribution < 1.29 is 0 Å². The Bertz CT molecular complexity index is 3940. The van der Waals surface area contributed by atoms with Gasteiger partial charge in [-0.3, -0.25) is 0 Å². The van der Waals surface area contributed by atoms with Gasteiger partial charge in [-0.15, -0.1) is 0 Å². The lowest BCUT2D eigenvalue weighted by atomic mass is 9.94. The molecule has 10 aromatic carbocycles. The number of rotatable bonds is 7. The highest BCUT2D eigenvalue weighted by molar-refractivity contribution is 6.23. The fourth-order valence-electron chi connectivity index (χ4n) is 9.95. The van der Waals surface area contributed by atoms with E-state index in [0.717, 1.165) is 105 Å². The van der Waals surface area contributed by atoms with Gasteiger partial charge in [0.2, 0.25) is 0 Å². The second-order valence-corrected chi connectivity index (χ2v) is 17.2. The van der Waals surface area contributed by atoms with Crippen molar-refractivity contribution in [3.05, 3.63) is 243 Å². The SMILES string of the molecule is c1ccc(-c2cc(-c3ccccc3)cc(-c3nc(-c4ccc(-c5ccc6c7ccc8c9ccccc9c(-c9ccccc9)nc8c7n(-c7ccccc7)c6c5)cc4)nc4ccccc34)c2)cc1. The number of pyridine rings is 1. The number of nitrogens with zero attached hydrogens (tertiary/aromatic N) is 4. The Labute approximate surface area is 387 Å². The van der Waals surface area contributed by atoms with Crippen LogP contribution in [0.5, 0.6) is 0 Å². The third-order valence-electron chi connectivity index (χ3n) is 13.2. The van der Waals surface area contributed by atoms with E-state index in [4.69, 9.17) is 15.0 Å². The zero-order chi connectivity index (χ0) is 44.3. The van der Waals surface area contributed by atoms with Crippen LogP contribution >= 0.6 is 0 Å². The Hall–Kier alpha value is -8.99. The van der Waals surface area contributed by atoms with Crippen molar-refractivity contribution in [1.82, 2.24) is 19.5 Å². The van der Waals surface area contributed by atoms with E-state index in [1.165, 1.54) is 16.2 Å². The van der Waals surface area contributed by atoms with Gasteiger partial charge in [0.05, 0.1) is 33.5 Å². The van der Waals surface area contributed by atoms with Crippen LogP contribution < -0.4 is 0 Å². The smallest absolute Gasteiger partial charge is 0.160 e. The van der Waals surface area contributed by atoms with E-state index in [9.17, 15) is 0 Å². The van der Waals surface area contributed by atoms with E-state index in [1.54, 1.807) is 0 Å². The summed E-state index contributed by atoms with van der Waals surface area (Å²) in [4.78, 5) is 16.1. The van der Waals surface area contributed by atoms with Crippen molar-refractivity contribution in [2.45, 2.75) is 0 Å². The Kier molecular flexibility index (Phi) is 9.14. The minimum absolute atomic E-state index is 0.688. The zero-order valence-electron chi connectivity index (χ0n) is 36.4. The molecule has 0 N–H and O–H groups in total. The minimum Gasteiger partial charge on any atom is -0.307 e. The van der Waals surface area contributed by atoms with Crippen LogP contribution in [0.4, 0.5) is 0 Å². The zero-order valence-corrected chi connectivity index (χ0v) is 36.4. The van der Waals surface area contributed by atoms with Crippen LogP contribution in [0.15, 0.2) is 243 Å². The Balaban J connectivity index is 0.952. The molecule has 0 aliphatic rings. The summed E-state index contributed by atoms with van der Waals surface area (Å²) in [6, 6.07) is 86.3. The topological polar surface area (TPSA) is 43.6 Å². The van der Waals surface area contributed by atoms with Crippen LogP contribution in [0, 0.1) is 0 Å². The van der Waals surface area contributed by atoms with Crippen LogP contribution in [0.25, 0.3) is 127 Å². The highest BCUT2D eigenvalue weighted by Crippen LogP contribution is 2.42. The fourth-order valence-corrected chi connectivity index (χ4v) is 9.95. The van der Waals surface area contributed by atoms with E-state index in [2.05, 4.69) is 247 Å². The average molecular weight is 853 g/mol. The maximum atomic E-state index is 5.55. The van der Waals surface area contributed by atoms with Crippen molar-refractivity contribution in [2.24, 2.45) is 0 Å². The van der Waals surface area contributed by atoms with E-state index >= 15 is 0 Å². The van der Waals surface area contributed by atoms with E-state index in [1.807, 2.05) is 0 Å². The lowest BCUT2D eigenvalue weighted by Crippen LogP contribution is -1.97. The summed E-state index contributed by atoms with van der Waals surface area (Å²) in [7, 11) is 0. The van der Waals surface area contributed by atoms with Gasteiger partial charge in [-0.05, 0) is 81.2 Å². The summed E-state index contributed by atoms with van der Waals surface area (Å²) < 4.78 is 2.40. The quantitative estimate of drug-likeness (QED) is 0.150. The molecule has 0 unspecified atom stereocenters. The first-order valence-electron chi connectivity index (χ1n) is 22.8. The third-order valence-corrected chi connectivity index (χ3v) is 13.2. The molecule has 0 fully saturated rings. The molecule has 0 saturated carbocycles. The molecular formula is C63H40N4. The monoisotopic (exact) mass is 852 g/mol. The van der Waals surface area contributed by atoms with Crippen LogP contribution in [-0.4, -0.2) is 19.5 Å². The van der Waals surface area contributed by atoms with Gasteiger partial charge in [0, 0.05) is 49.3 Å². The van der Waals surface area contributed by atoms with Gasteiger partial charge in [0.1, 0.15) is 0 Å². The highest BCUT2D eigenvalue weighted by atomic mass is 15.0. The van der Waals surface area contributed by atoms with E-state index < -0.39 is 0 Å². The van der Waals surface area contributed by atoms with Crippen molar-refractivity contribution in [1.29, 1.82) is 0 Å². The van der Waals surface area contributed by atoms with E-state index in [-0.39, 0.29) is 0 Å². The number of hydrogen-bond acceptors (Lipinski definition) is 3. The minimum atomic E-state index is 0.688. The summed E-state index contributed by atoms with van der Waals surface area (Å²) in [5, 5.41) is 6.85. The second kappa shape index (κ2) is 15.9. The molecule has 13 aromatic rings. The van der Waals surface area contributed by atoms with Gasteiger partial charge >= 0.3 is 0 Å². The van der Waals surface area contributed by atoms with Gasteiger partial charge in [0.25, 0.3) is 0 Å². The Morgan fingerprint density at radius 3 is 1.45 bits per heavy atom. The summed E-state index contributed by atoms with van der Waals surface area (Å²) in [5.74, 6) is 0.688. The maximum absolute atomic E-state index is 5.55.